The average molecular weight is 251 g/mol. The van der Waals surface area contributed by atoms with Crippen molar-refractivity contribution in [2.45, 2.75) is 84.1 Å². The summed E-state index contributed by atoms with van der Waals surface area (Å²) in [5.41, 5.74) is 0. The maximum atomic E-state index is 3.86. The smallest absolute Gasteiger partial charge is 0.00979 e. The van der Waals surface area contributed by atoms with Crippen molar-refractivity contribution in [2.75, 3.05) is 6.54 Å². The van der Waals surface area contributed by atoms with Gasteiger partial charge in [-0.1, -0.05) is 52.4 Å². The molecule has 2 aliphatic rings. The minimum absolute atomic E-state index is 0.847. The van der Waals surface area contributed by atoms with Gasteiger partial charge in [0, 0.05) is 6.04 Å². The Morgan fingerprint density at radius 3 is 2.11 bits per heavy atom. The van der Waals surface area contributed by atoms with Crippen LogP contribution in [0.5, 0.6) is 0 Å². The molecular weight excluding hydrogens is 218 g/mol. The van der Waals surface area contributed by atoms with Crippen molar-refractivity contribution in [3.63, 3.8) is 0 Å². The first-order valence-electron chi connectivity index (χ1n) is 8.56. The van der Waals surface area contributed by atoms with E-state index < -0.39 is 0 Å². The number of hydrogen-bond acceptors (Lipinski definition) is 1. The normalized spacial score (nSPS) is 30.3. The van der Waals surface area contributed by atoms with Crippen molar-refractivity contribution >= 4 is 0 Å². The molecule has 0 amide bonds. The summed E-state index contributed by atoms with van der Waals surface area (Å²) in [5.74, 6) is 3.12. The highest BCUT2D eigenvalue weighted by atomic mass is 14.9. The van der Waals surface area contributed by atoms with Gasteiger partial charge in [-0.2, -0.15) is 0 Å². The Bertz CT molecular complexity index is 214. The molecule has 2 fully saturated rings. The Morgan fingerprint density at radius 1 is 0.889 bits per heavy atom. The summed E-state index contributed by atoms with van der Waals surface area (Å²) in [6, 6.07) is 0.847. The first-order valence-corrected chi connectivity index (χ1v) is 8.56. The topological polar surface area (TPSA) is 12.0 Å². The molecule has 1 nitrogen and oxygen atoms in total. The summed E-state index contributed by atoms with van der Waals surface area (Å²) in [5, 5.41) is 3.86. The van der Waals surface area contributed by atoms with Gasteiger partial charge in [0.05, 0.1) is 0 Å². The molecule has 0 saturated heterocycles. The van der Waals surface area contributed by atoms with Crippen LogP contribution in [0.1, 0.15) is 78.1 Å². The molecule has 1 unspecified atom stereocenters. The average Bonchev–Trinajstić information content (AvgIpc) is 3.20. The molecule has 1 heteroatoms. The van der Waals surface area contributed by atoms with Crippen molar-refractivity contribution in [2.24, 2.45) is 17.8 Å². The highest BCUT2D eigenvalue weighted by Crippen LogP contribution is 2.39. The number of nitrogens with one attached hydrogen (secondary N) is 1. The van der Waals surface area contributed by atoms with Gasteiger partial charge in [0.2, 0.25) is 0 Å². The zero-order valence-corrected chi connectivity index (χ0v) is 12.6. The van der Waals surface area contributed by atoms with E-state index in [1.165, 1.54) is 70.8 Å². The van der Waals surface area contributed by atoms with Crippen LogP contribution in [-0.2, 0) is 0 Å². The monoisotopic (exact) mass is 251 g/mol. The van der Waals surface area contributed by atoms with E-state index in [1.807, 2.05) is 0 Å². The third kappa shape index (κ3) is 4.57. The third-order valence-corrected chi connectivity index (χ3v) is 5.10. The summed E-state index contributed by atoms with van der Waals surface area (Å²) in [6.07, 6.45) is 14.6. The van der Waals surface area contributed by atoms with Crippen LogP contribution in [0.3, 0.4) is 0 Å². The first kappa shape index (κ1) is 14.4. The summed E-state index contributed by atoms with van der Waals surface area (Å²) in [4.78, 5) is 0. The number of rotatable bonds is 8. The zero-order valence-electron chi connectivity index (χ0n) is 12.6. The van der Waals surface area contributed by atoms with Gasteiger partial charge < -0.3 is 5.32 Å². The molecule has 2 saturated carbocycles. The highest BCUT2D eigenvalue weighted by Gasteiger charge is 2.31. The van der Waals surface area contributed by atoms with E-state index in [4.69, 9.17) is 0 Å². The van der Waals surface area contributed by atoms with Crippen LogP contribution in [0, 0.1) is 17.8 Å². The van der Waals surface area contributed by atoms with Crippen LogP contribution in [0.15, 0.2) is 0 Å². The molecule has 106 valence electrons. The molecule has 0 aromatic heterocycles. The summed E-state index contributed by atoms with van der Waals surface area (Å²) >= 11 is 0. The Morgan fingerprint density at radius 2 is 1.56 bits per heavy atom. The molecule has 2 rings (SSSR count). The number of hydrogen-bond donors (Lipinski definition) is 1. The SMILES string of the molecule is CCCNC(CC1CC1)C1CCC(CCC)CC1. The minimum atomic E-state index is 0.847. The molecule has 0 spiro atoms. The molecule has 0 radical (unpaired) electrons. The van der Waals surface area contributed by atoms with E-state index >= 15 is 0 Å². The van der Waals surface area contributed by atoms with Crippen LogP contribution < -0.4 is 5.32 Å². The molecule has 0 heterocycles. The standard InChI is InChI=1S/C17H33N/c1-3-5-14-8-10-16(11-9-14)17(18-12-4-2)13-15-6-7-15/h14-18H,3-13H2,1-2H3. The first-order chi connectivity index (χ1) is 8.83. The van der Waals surface area contributed by atoms with Gasteiger partial charge >= 0.3 is 0 Å². The highest BCUT2D eigenvalue weighted by molar-refractivity contribution is 4.87. The van der Waals surface area contributed by atoms with E-state index in [2.05, 4.69) is 19.2 Å². The molecule has 18 heavy (non-hydrogen) atoms. The van der Waals surface area contributed by atoms with Crippen molar-refractivity contribution in [3.05, 3.63) is 0 Å². The molecule has 0 aromatic rings. The summed E-state index contributed by atoms with van der Waals surface area (Å²) in [6.45, 7) is 5.86. The van der Waals surface area contributed by atoms with Crippen LogP contribution in [0.4, 0.5) is 0 Å². The van der Waals surface area contributed by atoms with Crippen LogP contribution in [-0.4, -0.2) is 12.6 Å². The molecule has 0 aromatic carbocycles. The van der Waals surface area contributed by atoms with Crippen molar-refractivity contribution in [1.82, 2.24) is 5.32 Å². The minimum Gasteiger partial charge on any atom is -0.314 e. The van der Waals surface area contributed by atoms with Crippen LogP contribution >= 0.6 is 0 Å². The van der Waals surface area contributed by atoms with Gasteiger partial charge in [-0.3, -0.25) is 0 Å². The summed E-state index contributed by atoms with van der Waals surface area (Å²) in [7, 11) is 0. The van der Waals surface area contributed by atoms with E-state index in [-0.39, 0.29) is 0 Å². The Hall–Kier alpha value is -0.0400. The maximum Gasteiger partial charge on any atom is 0.00979 e. The molecule has 2 aliphatic carbocycles. The van der Waals surface area contributed by atoms with E-state index in [9.17, 15) is 0 Å². The lowest BCUT2D eigenvalue weighted by Gasteiger charge is -2.34. The predicted molar refractivity (Wildman–Crippen MR) is 79.8 cm³/mol. The van der Waals surface area contributed by atoms with Crippen LogP contribution in [0.25, 0.3) is 0 Å². The van der Waals surface area contributed by atoms with Crippen molar-refractivity contribution < 1.29 is 0 Å². The lowest BCUT2D eigenvalue weighted by Crippen LogP contribution is -2.39. The van der Waals surface area contributed by atoms with Gasteiger partial charge in [-0.25, -0.2) is 0 Å². The van der Waals surface area contributed by atoms with E-state index in [0.717, 1.165) is 23.8 Å². The lowest BCUT2D eigenvalue weighted by atomic mass is 9.76. The van der Waals surface area contributed by atoms with Gasteiger partial charge in [0.25, 0.3) is 0 Å². The Labute approximate surface area is 114 Å². The molecule has 0 bridgehead atoms. The predicted octanol–water partition coefficient (Wildman–Crippen LogP) is 4.76. The second-order valence-corrected chi connectivity index (χ2v) is 6.81. The second kappa shape index (κ2) is 7.53. The fourth-order valence-corrected chi connectivity index (χ4v) is 3.77. The second-order valence-electron chi connectivity index (χ2n) is 6.81. The quantitative estimate of drug-likeness (QED) is 0.656. The van der Waals surface area contributed by atoms with Crippen molar-refractivity contribution in [1.29, 1.82) is 0 Å². The fraction of sp³-hybridized carbons (Fsp3) is 1.00. The third-order valence-electron chi connectivity index (χ3n) is 5.10. The van der Waals surface area contributed by atoms with Crippen molar-refractivity contribution in [3.8, 4) is 0 Å². The largest absolute Gasteiger partial charge is 0.314 e. The van der Waals surface area contributed by atoms with Gasteiger partial charge in [-0.05, 0) is 50.0 Å². The maximum absolute atomic E-state index is 3.86. The molecule has 1 atom stereocenters. The lowest BCUT2D eigenvalue weighted by molar-refractivity contribution is 0.203. The van der Waals surface area contributed by atoms with Gasteiger partial charge in [0.15, 0.2) is 0 Å². The molecule has 1 N–H and O–H groups in total. The van der Waals surface area contributed by atoms with Gasteiger partial charge in [-0.15, -0.1) is 0 Å². The van der Waals surface area contributed by atoms with Crippen LogP contribution in [0.2, 0.25) is 0 Å². The molecule has 0 aliphatic heterocycles. The van der Waals surface area contributed by atoms with E-state index in [0.29, 0.717) is 0 Å². The Kier molecular flexibility index (Phi) is 6.01. The fourth-order valence-electron chi connectivity index (χ4n) is 3.77. The zero-order chi connectivity index (χ0) is 12.8. The van der Waals surface area contributed by atoms with E-state index in [1.54, 1.807) is 0 Å². The molecular formula is C17H33N. The Balaban J connectivity index is 1.75. The summed E-state index contributed by atoms with van der Waals surface area (Å²) < 4.78 is 0. The van der Waals surface area contributed by atoms with Gasteiger partial charge in [0.1, 0.15) is 0 Å².